The Hall–Kier alpha value is -0.140. The van der Waals surface area contributed by atoms with Gasteiger partial charge in [0.05, 0.1) is 5.03 Å². The van der Waals surface area contributed by atoms with Gasteiger partial charge in [-0.25, -0.2) is 0 Å². The first-order valence-electron chi connectivity index (χ1n) is 3.63. The van der Waals surface area contributed by atoms with Gasteiger partial charge in [0.15, 0.2) is 0 Å². The molecule has 0 atom stereocenters. The molecule has 0 unspecified atom stereocenters. The smallest absolute Gasteiger partial charge is 0.126 e. The molecule has 1 saturated heterocycles. The van der Waals surface area contributed by atoms with Crippen molar-refractivity contribution in [3.05, 3.63) is 25.7 Å². The highest BCUT2D eigenvalue weighted by molar-refractivity contribution is 9.12. The van der Waals surface area contributed by atoms with Crippen LogP contribution >= 0.6 is 39.1 Å². The monoisotopic (exact) mass is 302 g/mol. The molecule has 1 heterocycles. The molecule has 0 aromatic heterocycles. The fourth-order valence-electron chi connectivity index (χ4n) is 0.984. The first-order valence-corrected chi connectivity index (χ1v) is 5.18. The third-order valence-electron chi connectivity index (χ3n) is 1.53. The average molecular weight is 304 g/mol. The van der Waals surface area contributed by atoms with Crippen molar-refractivity contribution in [3.8, 4) is 0 Å². The first-order chi connectivity index (χ1) is 6.54. The van der Waals surface area contributed by atoms with Crippen molar-refractivity contribution >= 4 is 39.1 Å². The Morgan fingerprint density at radius 2 is 1.93 bits per heavy atom. The standard InChI is InChI=1S/C6H7BrCl2N3O2/c7-5(9)3(8)4(12(13)14)6-10-1-2-11-6/h10-11,13H,1-2H2/q-1/b5-3+. The number of nitrogens with zero attached hydrogens (tertiary/aromatic N) is 1. The molecule has 0 aliphatic carbocycles. The van der Waals surface area contributed by atoms with Crippen LogP contribution in [0.25, 0.3) is 0 Å². The molecule has 1 aliphatic heterocycles. The van der Waals surface area contributed by atoms with Crippen LogP contribution < -0.4 is 10.6 Å². The summed E-state index contributed by atoms with van der Waals surface area (Å²) in [5.41, 5.74) is -0.147. The van der Waals surface area contributed by atoms with Crippen molar-refractivity contribution < 1.29 is 5.21 Å². The summed E-state index contributed by atoms with van der Waals surface area (Å²) in [6.45, 7) is 1.30. The van der Waals surface area contributed by atoms with Crippen LogP contribution in [0.5, 0.6) is 0 Å². The maximum Gasteiger partial charge on any atom is 0.126 e. The molecule has 0 spiro atoms. The minimum atomic E-state index is -0.341. The van der Waals surface area contributed by atoms with E-state index in [1.807, 2.05) is 0 Å². The largest absolute Gasteiger partial charge is 0.733 e. The van der Waals surface area contributed by atoms with Gasteiger partial charge in [-0.1, -0.05) is 23.2 Å². The average Bonchev–Trinajstić information content (AvgIpc) is 2.56. The summed E-state index contributed by atoms with van der Waals surface area (Å²) in [4.78, 5) is 0. The first kappa shape index (κ1) is 11.9. The van der Waals surface area contributed by atoms with Crippen LogP contribution in [0.15, 0.2) is 20.5 Å². The highest BCUT2D eigenvalue weighted by atomic mass is 79.9. The Morgan fingerprint density at radius 1 is 1.43 bits per heavy atom. The lowest BCUT2D eigenvalue weighted by atomic mass is 10.4. The van der Waals surface area contributed by atoms with Gasteiger partial charge in [0, 0.05) is 13.1 Å². The summed E-state index contributed by atoms with van der Waals surface area (Å²) < 4.78 is 0.0482. The van der Waals surface area contributed by atoms with E-state index in [1.54, 1.807) is 0 Å². The zero-order valence-corrected chi connectivity index (χ0v) is 9.95. The molecule has 0 aromatic carbocycles. The van der Waals surface area contributed by atoms with Crippen LogP contribution in [0.4, 0.5) is 0 Å². The van der Waals surface area contributed by atoms with E-state index in [0.717, 1.165) is 0 Å². The van der Waals surface area contributed by atoms with Crippen LogP contribution in [0.2, 0.25) is 0 Å². The molecule has 8 heteroatoms. The fourth-order valence-corrected chi connectivity index (χ4v) is 1.43. The Balaban J connectivity index is 3.07. The molecule has 1 aliphatic rings. The summed E-state index contributed by atoms with van der Waals surface area (Å²) in [5, 5.41) is 24.9. The minimum absolute atomic E-state index is 0.0482. The van der Waals surface area contributed by atoms with Gasteiger partial charge in [-0.2, -0.15) is 0 Å². The van der Waals surface area contributed by atoms with Gasteiger partial charge >= 0.3 is 0 Å². The SMILES string of the molecule is [O-]N(O)C(=C1NCCN1)/C(Cl)=C(\Cl)Br. The highest BCUT2D eigenvalue weighted by Gasteiger charge is 2.17. The molecule has 80 valence electrons. The van der Waals surface area contributed by atoms with Crippen LogP contribution in [-0.2, 0) is 0 Å². The quantitative estimate of drug-likeness (QED) is 0.676. The maximum atomic E-state index is 10.8. The van der Waals surface area contributed by atoms with Gasteiger partial charge in [-0.05, 0) is 15.9 Å². The van der Waals surface area contributed by atoms with E-state index in [-0.39, 0.29) is 19.9 Å². The molecule has 0 saturated carbocycles. The summed E-state index contributed by atoms with van der Waals surface area (Å²) in [6, 6.07) is 0. The lowest BCUT2D eigenvalue weighted by Crippen LogP contribution is -2.22. The van der Waals surface area contributed by atoms with E-state index >= 15 is 0 Å². The summed E-state index contributed by atoms with van der Waals surface area (Å²) in [7, 11) is 0. The van der Waals surface area contributed by atoms with Gasteiger partial charge < -0.3 is 21.1 Å². The molecular weight excluding hydrogens is 297 g/mol. The number of allylic oxidation sites excluding steroid dienone is 1. The summed E-state index contributed by atoms with van der Waals surface area (Å²) in [5.74, 6) is 0.352. The van der Waals surface area contributed by atoms with Crippen LogP contribution in [0, 0.1) is 5.21 Å². The van der Waals surface area contributed by atoms with Gasteiger partial charge in [-0.15, -0.1) is 0 Å². The van der Waals surface area contributed by atoms with Crippen molar-refractivity contribution in [3.63, 3.8) is 0 Å². The van der Waals surface area contributed by atoms with Crippen molar-refractivity contribution in [2.75, 3.05) is 13.1 Å². The van der Waals surface area contributed by atoms with Crippen molar-refractivity contribution in [1.29, 1.82) is 0 Å². The second kappa shape index (κ2) is 5.09. The van der Waals surface area contributed by atoms with Crippen LogP contribution in [-0.4, -0.2) is 23.5 Å². The van der Waals surface area contributed by atoms with E-state index < -0.39 is 0 Å². The third kappa shape index (κ3) is 2.68. The molecule has 5 nitrogen and oxygen atoms in total. The molecular formula is C6H7BrCl2N3O2-. The Kier molecular flexibility index (Phi) is 4.33. The van der Waals surface area contributed by atoms with Gasteiger partial charge in [0.25, 0.3) is 0 Å². The topological polar surface area (TPSA) is 70.6 Å². The zero-order valence-electron chi connectivity index (χ0n) is 6.85. The third-order valence-corrected chi connectivity index (χ3v) is 2.81. The lowest BCUT2D eigenvalue weighted by molar-refractivity contribution is -0.00145. The predicted octanol–water partition coefficient (Wildman–Crippen LogP) is 1.58. The van der Waals surface area contributed by atoms with Gasteiger partial charge in [0.2, 0.25) is 0 Å². The van der Waals surface area contributed by atoms with E-state index in [1.165, 1.54) is 0 Å². The van der Waals surface area contributed by atoms with Gasteiger partial charge in [-0.3, -0.25) is 5.21 Å². The Morgan fingerprint density at radius 3 is 2.29 bits per heavy atom. The van der Waals surface area contributed by atoms with E-state index in [2.05, 4.69) is 26.6 Å². The molecule has 3 N–H and O–H groups in total. The number of hydrogen-bond donors (Lipinski definition) is 3. The Labute approximate surface area is 99.0 Å². The number of nitrogens with one attached hydrogen (secondary N) is 2. The molecule has 1 fully saturated rings. The zero-order chi connectivity index (χ0) is 10.7. The molecule has 0 aromatic rings. The molecule has 0 amide bonds. The van der Waals surface area contributed by atoms with Crippen molar-refractivity contribution in [1.82, 2.24) is 15.9 Å². The normalized spacial score (nSPS) is 17.1. The molecule has 1 rings (SSSR count). The summed E-state index contributed by atoms with van der Waals surface area (Å²) >= 11 is 14.2. The second-order valence-corrected chi connectivity index (χ2v) is 4.43. The predicted molar refractivity (Wildman–Crippen MR) is 57.7 cm³/mol. The number of hydroxylamine groups is 2. The number of halogens is 3. The van der Waals surface area contributed by atoms with E-state index in [4.69, 9.17) is 28.4 Å². The highest BCUT2D eigenvalue weighted by Crippen LogP contribution is 2.28. The minimum Gasteiger partial charge on any atom is -0.733 e. The van der Waals surface area contributed by atoms with E-state index in [0.29, 0.717) is 18.9 Å². The Bertz CT molecular complexity index is 281. The number of hydrogen-bond acceptors (Lipinski definition) is 5. The fraction of sp³-hybridized carbons (Fsp3) is 0.333. The van der Waals surface area contributed by atoms with E-state index in [9.17, 15) is 5.21 Å². The lowest BCUT2D eigenvalue weighted by Gasteiger charge is -2.26. The molecule has 0 bridgehead atoms. The van der Waals surface area contributed by atoms with Gasteiger partial charge in [0.1, 0.15) is 15.5 Å². The maximum absolute atomic E-state index is 10.8. The van der Waals surface area contributed by atoms with Crippen molar-refractivity contribution in [2.45, 2.75) is 0 Å². The van der Waals surface area contributed by atoms with Crippen LogP contribution in [0.1, 0.15) is 0 Å². The second-order valence-electron chi connectivity index (χ2n) is 2.42. The van der Waals surface area contributed by atoms with Crippen LogP contribution in [0.3, 0.4) is 0 Å². The molecule has 14 heavy (non-hydrogen) atoms. The summed E-state index contributed by atoms with van der Waals surface area (Å²) in [6.07, 6.45) is 0. The van der Waals surface area contributed by atoms with Crippen molar-refractivity contribution in [2.24, 2.45) is 0 Å². The number of rotatable bonds is 2. The molecule has 0 radical (unpaired) electrons.